The summed E-state index contributed by atoms with van der Waals surface area (Å²) in [7, 11) is 0. The summed E-state index contributed by atoms with van der Waals surface area (Å²) < 4.78 is 0. The number of benzene rings is 1. The van der Waals surface area contributed by atoms with Crippen LogP contribution in [-0.2, 0) is 6.42 Å². The van der Waals surface area contributed by atoms with Crippen molar-refractivity contribution in [3.05, 3.63) is 36.0 Å². The number of aromatic nitrogens is 1. The molecule has 0 aliphatic heterocycles. The maximum absolute atomic E-state index is 5.49. The van der Waals surface area contributed by atoms with Gasteiger partial charge in [-0.2, -0.15) is 0 Å². The fraction of sp³-hybridized carbons (Fsp3) is 0.200. The van der Waals surface area contributed by atoms with E-state index in [0.29, 0.717) is 6.54 Å². The second-order valence-electron chi connectivity index (χ2n) is 2.82. The van der Waals surface area contributed by atoms with Crippen molar-refractivity contribution < 1.29 is 0 Å². The van der Waals surface area contributed by atoms with Crippen molar-refractivity contribution >= 4 is 10.9 Å². The van der Waals surface area contributed by atoms with Gasteiger partial charge in [0.15, 0.2) is 0 Å². The fourth-order valence-corrected chi connectivity index (χ4v) is 1.43. The molecular weight excluding hydrogens is 148 g/mol. The maximum atomic E-state index is 5.49. The number of nitrogens with one attached hydrogen (secondary N) is 1. The monoisotopic (exact) mass is 159 g/mol. The summed E-state index contributed by atoms with van der Waals surface area (Å²) in [5.41, 5.74) is 7.93. The molecule has 0 aliphatic carbocycles. The van der Waals surface area contributed by atoms with Gasteiger partial charge in [0.2, 0.25) is 0 Å². The van der Waals surface area contributed by atoms with Crippen LogP contribution in [-0.4, -0.2) is 11.5 Å². The van der Waals surface area contributed by atoms with Crippen LogP contribution in [0.15, 0.2) is 24.4 Å². The van der Waals surface area contributed by atoms with Gasteiger partial charge in [0.25, 0.3) is 0 Å². The summed E-state index contributed by atoms with van der Waals surface area (Å²) in [6.07, 6.45) is 2.95. The van der Waals surface area contributed by atoms with Crippen molar-refractivity contribution in [3.8, 4) is 0 Å². The molecule has 2 aromatic rings. The molecule has 0 fully saturated rings. The molecule has 1 aromatic heterocycles. The third kappa shape index (κ3) is 1.10. The Kier molecular flexibility index (Phi) is 1.84. The van der Waals surface area contributed by atoms with Crippen LogP contribution in [0.5, 0.6) is 0 Å². The van der Waals surface area contributed by atoms with E-state index in [-0.39, 0.29) is 0 Å². The lowest BCUT2D eigenvalue weighted by atomic mass is 10.1. The van der Waals surface area contributed by atoms with Crippen molar-refractivity contribution in [2.45, 2.75) is 6.42 Å². The largest absolute Gasteiger partial charge is 0.361 e. The average molecular weight is 159 g/mol. The van der Waals surface area contributed by atoms with E-state index in [4.69, 9.17) is 5.73 Å². The summed E-state index contributed by atoms with van der Waals surface area (Å²) in [4.78, 5) is 3.20. The molecule has 0 spiro atoms. The predicted octanol–water partition coefficient (Wildman–Crippen LogP) is 1.47. The van der Waals surface area contributed by atoms with Crippen LogP contribution in [0, 0.1) is 6.07 Å². The Labute approximate surface area is 71.4 Å². The quantitative estimate of drug-likeness (QED) is 0.684. The normalized spacial score (nSPS) is 10.8. The number of rotatable bonds is 2. The van der Waals surface area contributed by atoms with E-state index in [0.717, 1.165) is 11.9 Å². The topological polar surface area (TPSA) is 41.8 Å². The first-order chi connectivity index (χ1) is 5.92. The summed E-state index contributed by atoms with van der Waals surface area (Å²) in [6, 6.07) is 8.99. The van der Waals surface area contributed by atoms with Crippen molar-refractivity contribution in [1.29, 1.82) is 0 Å². The molecule has 2 rings (SSSR count). The molecule has 61 valence electrons. The molecule has 2 heteroatoms. The maximum Gasteiger partial charge on any atom is 0.0457 e. The van der Waals surface area contributed by atoms with Crippen molar-refractivity contribution in [1.82, 2.24) is 4.98 Å². The van der Waals surface area contributed by atoms with Gasteiger partial charge in [-0.3, -0.25) is 0 Å². The Hall–Kier alpha value is -1.28. The van der Waals surface area contributed by atoms with Crippen molar-refractivity contribution in [2.24, 2.45) is 5.73 Å². The molecule has 0 amide bonds. The number of H-pyrrole nitrogens is 1. The lowest BCUT2D eigenvalue weighted by Crippen LogP contribution is -2.01. The average Bonchev–Trinajstić information content (AvgIpc) is 2.50. The van der Waals surface area contributed by atoms with Gasteiger partial charge in [0.05, 0.1) is 0 Å². The number of nitrogens with two attached hydrogens (primary N) is 1. The highest BCUT2D eigenvalue weighted by molar-refractivity contribution is 5.82. The van der Waals surface area contributed by atoms with Gasteiger partial charge in [0, 0.05) is 17.1 Å². The molecule has 0 aliphatic rings. The summed E-state index contributed by atoms with van der Waals surface area (Å²) in [5, 5.41) is 1.24. The first-order valence-electron chi connectivity index (χ1n) is 4.08. The van der Waals surface area contributed by atoms with Crippen LogP contribution in [0.4, 0.5) is 0 Å². The van der Waals surface area contributed by atoms with E-state index in [1.54, 1.807) is 0 Å². The molecular formula is C10H11N2. The van der Waals surface area contributed by atoms with E-state index in [1.165, 1.54) is 10.9 Å². The summed E-state index contributed by atoms with van der Waals surface area (Å²) in [5.74, 6) is 0. The minimum absolute atomic E-state index is 0.696. The van der Waals surface area contributed by atoms with E-state index in [1.807, 2.05) is 24.4 Å². The number of aromatic amines is 1. The second-order valence-corrected chi connectivity index (χ2v) is 2.82. The van der Waals surface area contributed by atoms with Crippen LogP contribution < -0.4 is 5.73 Å². The van der Waals surface area contributed by atoms with Gasteiger partial charge in [-0.05, 0) is 36.7 Å². The first-order valence-corrected chi connectivity index (χ1v) is 4.08. The van der Waals surface area contributed by atoms with E-state index < -0.39 is 0 Å². The zero-order chi connectivity index (χ0) is 8.39. The zero-order valence-electron chi connectivity index (χ0n) is 6.80. The third-order valence-electron chi connectivity index (χ3n) is 2.03. The number of hydrogen-bond donors (Lipinski definition) is 2. The van der Waals surface area contributed by atoms with Gasteiger partial charge in [0.1, 0.15) is 0 Å². The number of hydrogen-bond acceptors (Lipinski definition) is 1. The molecule has 0 saturated heterocycles. The van der Waals surface area contributed by atoms with Crippen LogP contribution in [0.25, 0.3) is 10.9 Å². The van der Waals surface area contributed by atoms with Crippen LogP contribution in [0.3, 0.4) is 0 Å². The van der Waals surface area contributed by atoms with Crippen molar-refractivity contribution in [3.63, 3.8) is 0 Å². The van der Waals surface area contributed by atoms with E-state index in [9.17, 15) is 0 Å². The minimum atomic E-state index is 0.696. The molecule has 1 aromatic carbocycles. The fourth-order valence-electron chi connectivity index (χ4n) is 1.43. The zero-order valence-corrected chi connectivity index (χ0v) is 6.80. The highest BCUT2D eigenvalue weighted by Gasteiger charge is 2.00. The highest BCUT2D eigenvalue weighted by atomic mass is 14.7. The van der Waals surface area contributed by atoms with Gasteiger partial charge in [-0.15, -0.1) is 0 Å². The Balaban J connectivity index is 2.55. The van der Waals surface area contributed by atoms with Gasteiger partial charge in [-0.25, -0.2) is 0 Å². The molecule has 0 bridgehead atoms. The van der Waals surface area contributed by atoms with Crippen LogP contribution in [0.2, 0.25) is 0 Å². The Morgan fingerprint density at radius 1 is 1.50 bits per heavy atom. The third-order valence-corrected chi connectivity index (χ3v) is 2.03. The van der Waals surface area contributed by atoms with E-state index >= 15 is 0 Å². The molecule has 2 nitrogen and oxygen atoms in total. The molecule has 0 unspecified atom stereocenters. The number of fused-ring (bicyclic) bond motifs is 1. The Morgan fingerprint density at radius 2 is 2.42 bits per heavy atom. The molecule has 3 N–H and O–H groups in total. The van der Waals surface area contributed by atoms with Crippen molar-refractivity contribution in [2.75, 3.05) is 6.54 Å². The smallest absolute Gasteiger partial charge is 0.0457 e. The summed E-state index contributed by atoms with van der Waals surface area (Å²) >= 11 is 0. The summed E-state index contributed by atoms with van der Waals surface area (Å²) in [6.45, 7) is 0.696. The first kappa shape index (κ1) is 7.37. The standard InChI is InChI=1S/C10H11N2/c11-6-5-8-7-12-10-4-2-1-3-9(8)10/h2-4,7,12H,5-6,11H2. The SMILES string of the molecule is NCCc1c[nH]c2cc[c]cc12. The molecule has 12 heavy (non-hydrogen) atoms. The van der Waals surface area contributed by atoms with E-state index in [2.05, 4.69) is 11.1 Å². The lowest BCUT2D eigenvalue weighted by Gasteiger charge is -1.93. The Bertz CT molecular complexity index is 376. The lowest BCUT2D eigenvalue weighted by molar-refractivity contribution is 0.976. The molecule has 0 atom stereocenters. The second kappa shape index (κ2) is 2.99. The van der Waals surface area contributed by atoms with Crippen LogP contribution >= 0.6 is 0 Å². The molecule has 1 heterocycles. The van der Waals surface area contributed by atoms with Gasteiger partial charge in [-0.1, -0.05) is 6.07 Å². The highest BCUT2D eigenvalue weighted by Crippen LogP contribution is 2.16. The molecule has 0 saturated carbocycles. The predicted molar refractivity (Wildman–Crippen MR) is 49.9 cm³/mol. The van der Waals surface area contributed by atoms with Gasteiger partial charge < -0.3 is 10.7 Å². The Morgan fingerprint density at radius 3 is 3.25 bits per heavy atom. The molecule has 1 radical (unpaired) electrons. The minimum Gasteiger partial charge on any atom is -0.361 e. The van der Waals surface area contributed by atoms with Crippen LogP contribution in [0.1, 0.15) is 5.56 Å². The van der Waals surface area contributed by atoms with Gasteiger partial charge >= 0.3 is 0 Å².